The topological polar surface area (TPSA) is 87.3 Å². The van der Waals surface area contributed by atoms with Gasteiger partial charge in [-0.05, 0) is 42.2 Å². The zero-order valence-electron chi connectivity index (χ0n) is 14.8. The van der Waals surface area contributed by atoms with Crippen molar-refractivity contribution in [2.24, 2.45) is 5.92 Å². The first kappa shape index (κ1) is 18.4. The highest BCUT2D eigenvalue weighted by atomic mass is 32.2. The van der Waals surface area contributed by atoms with Crippen molar-refractivity contribution in [3.63, 3.8) is 0 Å². The van der Waals surface area contributed by atoms with Gasteiger partial charge < -0.3 is 10.6 Å². The molecule has 0 saturated carbocycles. The minimum atomic E-state index is -3.58. The van der Waals surface area contributed by atoms with Crippen LogP contribution in [-0.2, 0) is 10.0 Å². The highest BCUT2D eigenvalue weighted by molar-refractivity contribution is 7.89. The molecule has 1 unspecified atom stereocenters. The van der Waals surface area contributed by atoms with Gasteiger partial charge in [0.1, 0.15) is 11.1 Å². The number of para-hydroxylation sites is 1. The van der Waals surface area contributed by atoms with E-state index in [0.717, 1.165) is 12.0 Å². The maximum absolute atomic E-state index is 12.4. The van der Waals surface area contributed by atoms with Crippen molar-refractivity contribution >= 4 is 21.6 Å². The van der Waals surface area contributed by atoms with Gasteiger partial charge in [-0.25, -0.2) is 8.42 Å². The molecule has 0 spiro atoms. The Morgan fingerprint density at radius 2 is 1.81 bits per heavy atom. The van der Waals surface area contributed by atoms with Crippen molar-refractivity contribution < 1.29 is 13.2 Å². The van der Waals surface area contributed by atoms with Gasteiger partial charge in [0.25, 0.3) is 5.91 Å². The second-order valence-electron chi connectivity index (χ2n) is 6.76. The third-order valence-corrected chi connectivity index (χ3v) is 5.74. The smallest absolute Gasteiger partial charge is 0.251 e. The molecule has 0 aliphatic carbocycles. The van der Waals surface area contributed by atoms with Crippen LogP contribution < -0.4 is 15.4 Å². The molecule has 26 heavy (non-hydrogen) atoms. The lowest BCUT2D eigenvalue weighted by atomic mass is 10.1. The number of carbonyl (C=O) groups is 1. The Bertz CT molecular complexity index is 893. The number of nitrogens with one attached hydrogen (secondary N) is 3. The van der Waals surface area contributed by atoms with E-state index in [1.165, 1.54) is 0 Å². The van der Waals surface area contributed by atoms with E-state index in [1.807, 2.05) is 0 Å². The fourth-order valence-electron chi connectivity index (χ4n) is 2.78. The van der Waals surface area contributed by atoms with Gasteiger partial charge in [-0.2, -0.15) is 4.72 Å². The van der Waals surface area contributed by atoms with Gasteiger partial charge in [-0.1, -0.05) is 38.1 Å². The van der Waals surface area contributed by atoms with Crippen molar-refractivity contribution in [2.45, 2.75) is 31.3 Å². The molecule has 138 valence electrons. The maximum atomic E-state index is 12.4. The fourth-order valence-corrected chi connectivity index (χ4v) is 4.09. The van der Waals surface area contributed by atoms with E-state index in [-0.39, 0.29) is 10.8 Å². The fraction of sp³-hybridized carbons (Fsp3) is 0.316. The van der Waals surface area contributed by atoms with Crippen LogP contribution in [0.4, 0.5) is 5.69 Å². The SMILES string of the molecule is CC(C)CCNC(=O)c1ccc(C2Nc3ccccc3S(=O)(=O)N2)cc1. The van der Waals surface area contributed by atoms with Gasteiger partial charge >= 0.3 is 0 Å². The van der Waals surface area contributed by atoms with Gasteiger partial charge in [0, 0.05) is 12.1 Å². The quantitative estimate of drug-likeness (QED) is 0.752. The van der Waals surface area contributed by atoms with Crippen LogP contribution in [0.25, 0.3) is 0 Å². The summed E-state index contributed by atoms with van der Waals surface area (Å²) in [6.45, 7) is 4.85. The summed E-state index contributed by atoms with van der Waals surface area (Å²) in [6.07, 6.45) is 0.352. The van der Waals surface area contributed by atoms with Crippen LogP contribution in [0.3, 0.4) is 0 Å². The number of fused-ring (bicyclic) bond motifs is 1. The van der Waals surface area contributed by atoms with Crippen molar-refractivity contribution in [3.8, 4) is 0 Å². The molecule has 1 amide bonds. The molecule has 0 radical (unpaired) electrons. The molecule has 1 heterocycles. The second kappa shape index (κ2) is 7.47. The van der Waals surface area contributed by atoms with Gasteiger partial charge in [0.2, 0.25) is 10.0 Å². The van der Waals surface area contributed by atoms with E-state index in [2.05, 4.69) is 29.2 Å². The predicted octanol–water partition coefficient (Wildman–Crippen LogP) is 2.87. The first-order valence-electron chi connectivity index (χ1n) is 8.63. The molecule has 0 bridgehead atoms. The highest BCUT2D eigenvalue weighted by Crippen LogP contribution is 2.30. The largest absolute Gasteiger partial charge is 0.364 e. The minimum absolute atomic E-state index is 0.125. The Morgan fingerprint density at radius 1 is 1.12 bits per heavy atom. The lowest BCUT2D eigenvalue weighted by molar-refractivity contribution is 0.0952. The van der Waals surface area contributed by atoms with Gasteiger partial charge in [0.15, 0.2) is 0 Å². The van der Waals surface area contributed by atoms with Gasteiger partial charge in [0.05, 0.1) is 5.69 Å². The molecule has 0 saturated heterocycles. The number of hydrogen-bond donors (Lipinski definition) is 3. The molecule has 0 aromatic heterocycles. The number of hydrogen-bond acceptors (Lipinski definition) is 4. The summed E-state index contributed by atoms with van der Waals surface area (Å²) >= 11 is 0. The Labute approximate surface area is 154 Å². The summed E-state index contributed by atoms with van der Waals surface area (Å²) in [5, 5.41) is 6.06. The van der Waals surface area contributed by atoms with E-state index in [4.69, 9.17) is 0 Å². The number of anilines is 1. The minimum Gasteiger partial charge on any atom is -0.364 e. The van der Waals surface area contributed by atoms with Crippen LogP contribution in [-0.4, -0.2) is 20.9 Å². The molecule has 2 aromatic rings. The van der Waals surface area contributed by atoms with Gasteiger partial charge in [-0.3, -0.25) is 4.79 Å². The normalized spacial score (nSPS) is 18.0. The molecular weight excluding hydrogens is 350 g/mol. The van der Waals surface area contributed by atoms with E-state index in [1.54, 1.807) is 48.5 Å². The van der Waals surface area contributed by atoms with Gasteiger partial charge in [-0.15, -0.1) is 0 Å². The molecule has 0 fully saturated rings. The number of amides is 1. The van der Waals surface area contributed by atoms with E-state index in [9.17, 15) is 13.2 Å². The molecule has 3 rings (SSSR count). The van der Waals surface area contributed by atoms with Crippen molar-refractivity contribution in [3.05, 3.63) is 59.7 Å². The number of rotatable bonds is 5. The van der Waals surface area contributed by atoms with Crippen molar-refractivity contribution in [1.82, 2.24) is 10.0 Å². The van der Waals surface area contributed by atoms with Crippen LogP contribution in [0.5, 0.6) is 0 Å². The third-order valence-electron chi connectivity index (χ3n) is 4.26. The summed E-state index contributed by atoms with van der Waals surface area (Å²) < 4.78 is 27.4. The highest BCUT2D eigenvalue weighted by Gasteiger charge is 2.29. The van der Waals surface area contributed by atoms with Crippen LogP contribution in [0, 0.1) is 5.92 Å². The van der Waals surface area contributed by atoms with Crippen molar-refractivity contribution in [1.29, 1.82) is 0 Å². The molecule has 2 aromatic carbocycles. The number of benzene rings is 2. The standard InChI is InChI=1S/C19H23N3O3S/c1-13(2)11-12-20-19(23)15-9-7-14(8-10-15)18-21-16-5-3-4-6-17(16)26(24,25)22-18/h3-10,13,18,21-22H,11-12H2,1-2H3,(H,20,23). The van der Waals surface area contributed by atoms with Crippen molar-refractivity contribution in [2.75, 3.05) is 11.9 Å². The lowest BCUT2D eigenvalue weighted by Gasteiger charge is -2.28. The summed E-state index contributed by atoms with van der Waals surface area (Å²) in [5.41, 5.74) is 1.85. The monoisotopic (exact) mass is 373 g/mol. The van der Waals surface area contributed by atoms with Crippen LogP contribution >= 0.6 is 0 Å². The molecular formula is C19H23N3O3S. The lowest BCUT2D eigenvalue weighted by Crippen LogP contribution is -2.38. The molecule has 3 N–H and O–H groups in total. The Morgan fingerprint density at radius 3 is 2.50 bits per heavy atom. The predicted molar refractivity (Wildman–Crippen MR) is 101 cm³/mol. The first-order chi connectivity index (χ1) is 12.4. The van der Waals surface area contributed by atoms with E-state index < -0.39 is 16.2 Å². The van der Waals surface area contributed by atoms with Crippen LogP contribution in [0.2, 0.25) is 0 Å². The average Bonchev–Trinajstić information content (AvgIpc) is 2.61. The number of carbonyl (C=O) groups excluding carboxylic acids is 1. The number of sulfonamides is 1. The summed E-state index contributed by atoms with van der Waals surface area (Å²) in [4.78, 5) is 12.4. The summed E-state index contributed by atoms with van der Waals surface area (Å²) in [6, 6.07) is 13.7. The Kier molecular flexibility index (Phi) is 5.29. The maximum Gasteiger partial charge on any atom is 0.251 e. The third kappa shape index (κ3) is 4.05. The molecule has 7 heteroatoms. The van der Waals surface area contributed by atoms with E-state index in [0.29, 0.717) is 23.7 Å². The molecule has 1 atom stereocenters. The van der Waals surface area contributed by atoms with E-state index >= 15 is 0 Å². The molecule has 1 aliphatic rings. The Balaban J connectivity index is 1.73. The zero-order chi connectivity index (χ0) is 18.7. The zero-order valence-corrected chi connectivity index (χ0v) is 15.6. The first-order valence-corrected chi connectivity index (χ1v) is 10.1. The summed E-state index contributed by atoms with van der Waals surface area (Å²) in [5.74, 6) is 0.408. The summed E-state index contributed by atoms with van der Waals surface area (Å²) in [7, 11) is -3.58. The van der Waals surface area contributed by atoms with Crippen LogP contribution in [0.1, 0.15) is 42.4 Å². The second-order valence-corrected chi connectivity index (χ2v) is 8.44. The Hall–Kier alpha value is -2.38. The van der Waals surface area contributed by atoms with Crippen LogP contribution in [0.15, 0.2) is 53.4 Å². The molecule has 1 aliphatic heterocycles. The molecule has 6 nitrogen and oxygen atoms in total. The average molecular weight is 373 g/mol.